The van der Waals surface area contributed by atoms with E-state index in [4.69, 9.17) is 4.74 Å². The van der Waals surface area contributed by atoms with Gasteiger partial charge in [-0.2, -0.15) is 0 Å². The van der Waals surface area contributed by atoms with E-state index >= 15 is 0 Å². The second-order valence-corrected chi connectivity index (χ2v) is 6.06. The zero-order valence-corrected chi connectivity index (χ0v) is 13.8. The number of hydrogen-bond donors (Lipinski definition) is 0. The predicted octanol–water partition coefficient (Wildman–Crippen LogP) is 4.90. The molecule has 22 heavy (non-hydrogen) atoms. The van der Waals surface area contributed by atoms with Crippen LogP contribution in [0.2, 0.25) is 0 Å². The number of hydrogen-bond acceptors (Lipinski definition) is 4. The molecule has 2 aromatic heterocycles. The molecule has 4 heteroatoms. The summed E-state index contributed by atoms with van der Waals surface area (Å²) in [4.78, 5) is 17.4. The lowest BCUT2D eigenvalue weighted by molar-refractivity contribution is 0.0662. The Morgan fingerprint density at radius 2 is 2.05 bits per heavy atom. The number of aryl methyl sites for hydroxylation is 2. The Morgan fingerprint density at radius 3 is 2.68 bits per heavy atom. The summed E-state index contributed by atoms with van der Waals surface area (Å²) in [6.45, 7) is 8.72. The van der Waals surface area contributed by atoms with Gasteiger partial charge in [0.2, 0.25) is 0 Å². The molecule has 0 spiro atoms. The predicted molar refractivity (Wildman–Crippen MR) is 93.0 cm³/mol. The molecule has 0 saturated carbocycles. The summed E-state index contributed by atoms with van der Waals surface area (Å²) in [7, 11) is 0. The van der Waals surface area contributed by atoms with Crippen LogP contribution in [0, 0.1) is 13.8 Å². The van der Waals surface area contributed by atoms with E-state index in [0.717, 1.165) is 39.4 Å². The van der Waals surface area contributed by atoms with Gasteiger partial charge in [-0.3, -0.25) is 9.78 Å². The Balaban J connectivity index is 0.000000775. The van der Waals surface area contributed by atoms with Gasteiger partial charge < -0.3 is 4.74 Å². The van der Waals surface area contributed by atoms with Crippen LogP contribution in [0.25, 0.3) is 0 Å². The summed E-state index contributed by atoms with van der Waals surface area (Å²) in [6.07, 6.45) is 1.67. The zero-order chi connectivity index (χ0) is 15.4. The Kier molecular flexibility index (Phi) is 6.91. The molecule has 0 saturated heterocycles. The average molecular weight is 319 g/mol. The topological polar surface area (TPSA) is 39.2 Å². The highest BCUT2D eigenvalue weighted by atomic mass is 32.1. The minimum absolute atomic E-state index is 0. The molecule has 0 aromatic carbocycles. The third kappa shape index (κ3) is 3.62. The lowest BCUT2D eigenvalue weighted by Gasteiger charge is -2.25. The Hall–Kier alpha value is -1.52. The van der Waals surface area contributed by atoms with Crippen molar-refractivity contribution in [2.45, 2.75) is 47.6 Å². The van der Waals surface area contributed by atoms with Gasteiger partial charge in [-0.15, -0.1) is 11.3 Å². The fraction of sp³-hybridized carbons (Fsp3) is 0.444. The minimum atomic E-state index is -0.131. The van der Waals surface area contributed by atoms with Crippen molar-refractivity contribution in [2.75, 3.05) is 6.61 Å². The number of thiophene rings is 1. The van der Waals surface area contributed by atoms with Gasteiger partial charge in [-0.25, -0.2) is 0 Å². The summed E-state index contributed by atoms with van der Waals surface area (Å²) in [5.41, 5.74) is 4.33. The fourth-order valence-electron chi connectivity index (χ4n) is 2.49. The van der Waals surface area contributed by atoms with Crippen molar-refractivity contribution < 1.29 is 9.53 Å². The largest absolute Gasteiger partial charge is 0.367 e. The third-order valence-corrected chi connectivity index (χ3v) is 4.42. The molecule has 0 aliphatic carbocycles. The van der Waals surface area contributed by atoms with E-state index in [1.807, 2.05) is 39.8 Å². The quantitative estimate of drug-likeness (QED) is 0.739. The summed E-state index contributed by atoms with van der Waals surface area (Å²) < 4.78 is 5.91. The van der Waals surface area contributed by atoms with Crippen LogP contribution in [0.3, 0.4) is 0 Å². The van der Waals surface area contributed by atoms with E-state index in [1.165, 1.54) is 16.9 Å². The monoisotopic (exact) mass is 319 g/mol. The molecule has 0 amide bonds. The number of rotatable bonds is 2. The van der Waals surface area contributed by atoms with Crippen molar-refractivity contribution >= 4 is 17.6 Å². The van der Waals surface area contributed by atoms with Gasteiger partial charge in [0.15, 0.2) is 6.29 Å². The molecule has 1 aliphatic rings. The highest BCUT2D eigenvalue weighted by Gasteiger charge is 2.26. The van der Waals surface area contributed by atoms with Crippen molar-refractivity contribution in [2.24, 2.45) is 0 Å². The highest BCUT2D eigenvalue weighted by Crippen LogP contribution is 2.36. The molecular weight excluding hydrogens is 294 g/mol. The van der Waals surface area contributed by atoms with Crippen LogP contribution < -0.4 is 0 Å². The van der Waals surface area contributed by atoms with E-state index in [0.29, 0.717) is 6.61 Å². The standard InChI is InChI=1S/C15H15NO2S.C2H6.CH4/c1-9-3-4-11-5-6-18-15(14(11)16-9)13-7-12(8-17)19-10(13)2;1-2;/h3-4,7-8,15H,5-6H2,1-2H3;1-2H3;1H4. The lowest BCUT2D eigenvalue weighted by Crippen LogP contribution is -2.19. The fourth-order valence-corrected chi connectivity index (χ4v) is 3.36. The van der Waals surface area contributed by atoms with E-state index in [1.54, 1.807) is 0 Å². The van der Waals surface area contributed by atoms with Gasteiger partial charge in [-0.05, 0) is 38.0 Å². The first-order valence-electron chi connectivity index (χ1n) is 7.32. The van der Waals surface area contributed by atoms with Gasteiger partial charge >= 0.3 is 0 Å². The normalized spacial score (nSPS) is 15.9. The first kappa shape index (κ1) is 18.5. The van der Waals surface area contributed by atoms with Gasteiger partial charge in [0.25, 0.3) is 0 Å². The zero-order valence-electron chi connectivity index (χ0n) is 13.0. The molecule has 120 valence electrons. The summed E-state index contributed by atoms with van der Waals surface area (Å²) >= 11 is 1.51. The van der Waals surface area contributed by atoms with Crippen LogP contribution in [0.5, 0.6) is 0 Å². The maximum Gasteiger partial charge on any atom is 0.160 e. The molecule has 2 aromatic rings. The lowest BCUT2D eigenvalue weighted by atomic mass is 9.98. The van der Waals surface area contributed by atoms with Crippen LogP contribution >= 0.6 is 11.3 Å². The van der Waals surface area contributed by atoms with Crippen LogP contribution in [-0.2, 0) is 11.2 Å². The number of ether oxygens (including phenoxy) is 1. The number of carbonyl (C=O) groups excluding carboxylic acids is 1. The van der Waals surface area contributed by atoms with Crippen LogP contribution in [-0.4, -0.2) is 17.9 Å². The molecule has 1 aliphatic heterocycles. The summed E-state index contributed by atoms with van der Waals surface area (Å²) in [6, 6.07) is 6.10. The molecular formula is C18H25NO2S. The molecule has 0 bridgehead atoms. The smallest absolute Gasteiger partial charge is 0.160 e. The molecule has 3 heterocycles. The molecule has 0 radical (unpaired) electrons. The second-order valence-electron chi connectivity index (χ2n) is 4.78. The van der Waals surface area contributed by atoms with Crippen molar-refractivity contribution in [3.8, 4) is 0 Å². The van der Waals surface area contributed by atoms with E-state index in [-0.39, 0.29) is 13.5 Å². The Bertz CT molecular complexity index is 634. The van der Waals surface area contributed by atoms with Crippen LogP contribution in [0.15, 0.2) is 18.2 Å². The highest BCUT2D eigenvalue weighted by molar-refractivity contribution is 7.13. The van der Waals surface area contributed by atoms with E-state index in [9.17, 15) is 4.79 Å². The molecule has 1 atom stereocenters. The molecule has 0 N–H and O–H groups in total. The van der Waals surface area contributed by atoms with Crippen molar-refractivity contribution in [1.82, 2.24) is 4.98 Å². The molecule has 3 rings (SSSR count). The summed E-state index contributed by atoms with van der Waals surface area (Å²) in [5, 5.41) is 0. The van der Waals surface area contributed by atoms with Gasteiger partial charge in [0, 0.05) is 16.1 Å². The number of aldehydes is 1. The van der Waals surface area contributed by atoms with Gasteiger partial charge in [0.05, 0.1) is 17.2 Å². The molecule has 1 unspecified atom stereocenters. The molecule has 3 nitrogen and oxygen atoms in total. The number of pyridine rings is 1. The number of nitrogens with zero attached hydrogens (tertiary/aromatic N) is 1. The molecule has 0 fully saturated rings. The Labute approximate surface area is 137 Å². The maximum atomic E-state index is 10.9. The van der Waals surface area contributed by atoms with Crippen LogP contribution in [0.1, 0.15) is 64.4 Å². The minimum Gasteiger partial charge on any atom is -0.367 e. The SMILES string of the molecule is C.CC.Cc1ccc2c(n1)C(c1cc(C=O)sc1C)OCC2. The van der Waals surface area contributed by atoms with Crippen molar-refractivity contribution in [3.63, 3.8) is 0 Å². The van der Waals surface area contributed by atoms with Gasteiger partial charge in [0.1, 0.15) is 6.10 Å². The second kappa shape index (κ2) is 8.20. The van der Waals surface area contributed by atoms with E-state index in [2.05, 4.69) is 11.1 Å². The number of fused-ring (bicyclic) bond motifs is 1. The third-order valence-electron chi connectivity index (χ3n) is 3.43. The van der Waals surface area contributed by atoms with Crippen molar-refractivity contribution in [1.29, 1.82) is 0 Å². The first-order chi connectivity index (χ1) is 10.2. The number of aromatic nitrogens is 1. The average Bonchev–Trinajstić information content (AvgIpc) is 2.89. The van der Waals surface area contributed by atoms with Gasteiger partial charge in [-0.1, -0.05) is 27.3 Å². The van der Waals surface area contributed by atoms with Crippen molar-refractivity contribution in [3.05, 3.63) is 50.5 Å². The summed E-state index contributed by atoms with van der Waals surface area (Å²) in [5.74, 6) is 0. The van der Waals surface area contributed by atoms with E-state index < -0.39 is 0 Å². The Morgan fingerprint density at radius 1 is 1.32 bits per heavy atom. The van der Waals surface area contributed by atoms with Crippen LogP contribution in [0.4, 0.5) is 0 Å². The maximum absolute atomic E-state index is 10.9. The first-order valence-corrected chi connectivity index (χ1v) is 8.14. The number of carbonyl (C=O) groups is 1.